The van der Waals surface area contributed by atoms with Crippen molar-refractivity contribution in [2.24, 2.45) is 11.8 Å². The maximum atomic E-state index is 6.01. The molecule has 0 aliphatic rings. The summed E-state index contributed by atoms with van der Waals surface area (Å²) in [4.78, 5) is 0. The van der Waals surface area contributed by atoms with Crippen LogP contribution in [0, 0.1) is 11.8 Å². The van der Waals surface area contributed by atoms with E-state index < -0.39 is 8.56 Å². The fraction of sp³-hybridized carbons (Fsp3) is 1.00. The molecule has 2 nitrogen and oxygen atoms in total. The van der Waals surface area contributed by atoms with E-state index in [2.05, 4.69) is 41.5 Å². The van der Waals surface area contributed by atoms with Crippen LogP contribution in [0.1, 0.15) is 41.5 Å². The van der Waals surface area contributed by atoms with Crippen LogP contribution in [0.3, 0.4) is 0 Å². The van der Waals surface area contributed by atoms with E-state index in [-0.39, 0.29) is 0 Å². The SMILES string of the molecule is CCO[Si](CC(C)C)(CC(C)C)OCC. The fourth-order valence-corrected chi connectivity index (χ4v) is 6.39. The Hall–Kier alpha value is 0.137. The molecular formula is C12H28O2Si. The van der Waals surface area contributed by atoms with Crippen LogP contribution in [-0.4, -0.2) is 21.8 Å². The van der Waals surface area contributed by atoms with Gasteiger partial charge >= 0.3 is 8.56 Å². The number of hydrogen-bond acceptors (Lipinski definition) is 2. The quantitative estimate of drug-likeness (QED) is 0.592. The van der Waals surface area contributed by atoms with Crippen LogP contribution in [0.5, 0.6) is 0 Å². The van der Waals surface area contributed by atoms with Gasteiger partial charge in [0.05, 0.1) is 0 Å². The molecule has 0 aromatic rings. The van der Waals surface area contributed by atoms with Gasteiger partial charge < -0.3 is 8.85 Å². The average Bonchev–Trinajstić information content (AvgIpc) is 2.01. The molecule has 0 atom stereocenters. The van der Waals surface area contributed by atoms with E-state index >= 15 is 0 Å². The third-order valence-corrected chi connectivity index (χ3v) is 6.76. The lowest BCUT2D eigenvalue weighted by atomic mass is 10.3. The van der Waals surface area contributed by atoms with Gasteiger partial charge in [-0.05, 0) is 37.8 Å². The Morgan fingerprint density at radius 1 is 0.800 bits per heavy atom. The number of hydrogen-bond donors (Lipinski definition) is 0. The number of rotatable bonds is 8. The van der Waals surface area contributed by atoms with E-state index in [4.69, 9.17) is 8.85 Å². The molecule has 0 heterocycles. The van der Waals surface area contributed by atoms with E-state index in [1.807, 2.05) is 0 Å². The van der Waals surface area contributed by atoms with Crippen LogP contribution in [0.15, 0.2) is 0 Å². The zero-order valence-electron chi connectivity index (χ0n) is 11.3. The van der Waals surface area contributed by atoms with E-state index in [1.165, 1.54) is 0 Å². The molecule has 0 saturated carbocycles. The summed E-state index contributed by atoms with van der Waals surface area (Å²) < 4.78 is 12.0. The Morgan fingerprint density at radius 3 is 1.33 bits per heavy atom. The molecule has 0 N–H and O–H groups in total. The average molecular weight is 232 g/mol. The summed E-state index contributed by atoms with van der Waals surface area (Å²) in [6, 6.07) is 2.24. The molecule has 92 valence electrons. The van der Waals surface area contributed by atoms with Crippen molar-refractivity contribution in [3.05, 3.63) is 0 Å². The van der Waals surface area contributed by atoms with E-state index in [1.54, 1.807) is 0 Å². The molecule has 0 aromatic carbocycles. The highest BCUT2D eigenvalue weighted by molar-refractivity contribution is 6.67. The monoisotopic (exact) mass is 232 g/mol. The summed E-state index contributed by atoms with van der Waals surface area (Å²) in [5.74, 6) is 1.32. The van der Waals surface area contributed by atoms with E-state index in [0.717, 1.165) is 25.3 Å². The molecule has 3 heteroatoms. The highest BCUT2D eigenvalue weighted by Crippen LogP contribution is 2.27. The Morgan fingerprint density at radius 2 is 1.13 bits per heavy atom. The molecular weight excluding hydrogens is 204 g/mol. The Labute approximate surface area is 96.6 Å². The summed E-state index contributed by atoms with van der Waals surface area (Å²) in [5.41, 5.74) is 0. The smallest absolute Gasteiger partial charge is 0.338 e. The molecule has 0 spiro atoms. The normalized spacial score (nSPS) is 12.8. The maximum absolute atomic E-state index is 6.01. The van der Waals surface area contributed by atoms with Crippen molar-refractivity contribution in [1.29, 1.82) is 0 Å². The van der Waals surface area contributed by atoms with Gasteiger partial charge in [0.25, 0.3) is 0 Å². The van der Waals surface area contributed by atoms with Crippen molar-refractivity contribution in [2.75, 3.05) is 13.2 Å². The zero-order chi connectivity index (χ0) is 11.9. The third-order valence-electron chi connectivity index (χ3n) is 2.25. The first-order valence-corrected chi connectivity index (χ1v) is 8.46. The molecule has 0 unspecified atom stereocenters. The van der Waals surface area contributed by atoms with Crippen molar-refractivity contribution < 1.29 is 8.85 Å². The summed E-state index contributed by atoms with van der Waals surface area (Å²) >= 11 is 0. The van der Waals surface area contributed by atoms with Crippen molar-refractivity contribution in [2.45, 2.75) is 53.6 Å². The summed E-state index contributed by atoms with van der Waals surface area (Å²) in [7, 11) is -1.92. The first-order valence-electron chi connectivity index (χ1n) is 6.23. The Bertz CT molecular complexity index is 140. The van der Waals surface area contributed by atoms with Crippen molar-refractivity contribution in [3.8, 4) is 0 Å². The third kappa shape index (κ3) is 6.33. The second kappa shape index (κ2) is 7.42. The minimum atomic E-state index is -1.92. The van der Waals surface area contributed by atoms with Crippen LogP contribution >= 0.6 is 0 Å². The van der Waals surface area contributed by atoms with Gasteiger partial charge in [-0.25, -0.2) is 0 Å². The van der Waals surface area contributed by atoms with Crippen LogP contribution in [0.2, 0.25) is 12.1 Å². The molecule has 0 fully saturated rings. The molecule has 0 aliphatic heterocycles. The van der Waals surface area contributed by atoms with E-state index in [9.17, 15) is 0 Å². The fourth-order valence-electron chi connectivity index (χ4n) is 2.13. The molecule has 15 heavy (non-hydrogen) atoms. The second-order valence-electron chi connectivity index (χ2n) is 4.97. The van der Waals surface area contributed by atoms with Gasteiger partial charge in [-0.1, -0.05) is 27.7 Å². The zero-order valence-corrected chi connectivity index (χ0v) is 12.3. The molecule has 0 saturated heterocycles. The molecule has 0 aromatic heterocycles. The van der Waals surface area contributed by atoms with Crippen molar-refractivity contribution in [3.63, 3.8) is 0 Å². The minimum Gasteiger partial charge on any atom is -0.394 e. The first-order chi connectivity index (χ1) is 6.95. The van der Waals surface area contributed by atoms with E-state index in [0.29, 0.717) is 11.8 Å². The topological polar surface area (TPSA) is 18.5 Å². The summed E-state index contributed by atoms with van der Waals surface area (Å²) in [6.07, 6.45) is 0. The molecule has 0 radical (unpaired) electrons. The highest BCUT2D eigenvalue weighted by Gasteiger charge is 2.38. The molecule has 0 aliphatic carbocycles. The lowest BCUT2D eigenvalue weighted by Gasteiger charge is -2.32. The lowest BCUT2D eigenvalue weighted by Crippen LogP contribution is -2.44. The Balaban J connectivity index is 4.55. The maximum Gasteiger partial charge on any atom is 0.338 e. The predicted molar refractivity (Wildman–Crippen MR) is 68.3 cm³/mol. The van der Waals surface area contributed by atoms with Gasteiger partial charge in [0, 0.05) is 13.2 Å². The van der Waals surface area contributed by atoms with Gasteiger partial charge in [0.2, 0.25) is 0 Å². The largest absolute Gasteiger partial charge is 0.394 e. The summed E-state index contributed by atoms with van der Waals surface area (Å²) in [5, 5.41) is 0. The van der Waals surface area contributed by atoms with Gasteiger partial charge in [0.15, 0.2) is 0 Å². The van der Waals surface area contributed by atoms with Gasteiger partial charge in [0.1, 0.15) is 0 Å². The lowest BCUT2D eigenvalue weighted by molar-refractivity contribution is 0.174. The van der Waals surface area contributed by atoms with Crippen LogP contribution < -0.4 is 0 Å². The molecule has 0 bridgehead atoms. The van der Waals surface area contributed by atoms with Crippen molar-refractivity contribution >= 4 is 8.56 Å². The first kappa shape index (κ1) is 15.1. The van der Waals surface area contributed by atoms with Gasteiger partial charge in [-0.15, -0.1) is 0 Å². The summed E-state index contributed by atoms with van der Waals surface area (Å²) in [6.45, 7) is 14.7. The van der Waals surface area contributed by atoms with Crippen molar-refractivity contribution in [1.82, 2.24) is 0 Å². The minimum absolute atomic E-state index is 0.661. The standard InChI is InChI=1S/C12H28O2Si/c1-7-13-15(14-8-2,9-11(3)4)10-12(5)6/h11-12H,7-10H2,1-6H3. The second-order valence-corrected chi connectivity index (χ2v) is 8.19. The van der Waals surface area contributed by atoms with Crippen LogP contribution in [0.25, 0.3) is 0 Å². The molecule has 0 amide bonds. The van der Waals surface area contributed by atoms with Crippen LogP contribution in [0.4, 0.5) is 0 Å². The predicted octanol–water partition coefficient (Wildman–Crippen LogP) is 3.81. The van der Waals surface area contributed by atoms with Gasteiger partial charge in [-0.2, -0.15) is 0 Å². The molecule has 0 rings (SSSR count). The van der Waals surface area contributed by atoms with Crippen LogP contribution in [-0.2, 0) is 8.85 Å². The Kier molecular flexibility index (Phi) is 7.48. The highest BCUT2D eigenvalue weighted by atomic mass is 28.4. The van der Waals surface area contributed by atoms with Gasteiger partial charge in [-0.3, -0.25) is 0 Å².